The monoisotopic (exact) mass is 156 g/mol. The second-order valence-corrected chi connectivity index (χ2v) is 4.35. The topological polar surface area (TPSA) is 12.0 Å². The highest BCUT2D eigenvalue weighted by Gasteiger charge is 2.27. The van der Waals surface area contributed by atoms with Crippen LogP contribution in [0.2, 0.25) is 0 Å². The van der Waals surface area contributed by atoms with Crippen LogP contribution < -0.4 is 5.32 Å². The predicted molar refractivity (Wildman–Crippen MR) is 46.2 cm³/mol. The summed E-state index contributed by atoms with van der Waals surface area (Å²) in [4.78, 5) is 0. The van der Waals surface area contributed by atoms with Gasteiger partial charge in [0.15, 0.2) is 0 Å². The molecular formula is C8H14NS. The van der Waals surface area contributed by atoms with Crippen molar-refractivity contribution >= 4 is 11.8 Å². The zero-order chi connectivity index (χ0) is 6.81. The molecule has 2 heterocycles. The molecule has 1 N–H and O–H groups in total. The maximum absolute atomic E-state index is 3.55. The Balaban J connectivity index is 1.85. The predicted octanol–water partition coefficient (Wildman–Crippen LogP) is 1.45. The summed E-state index contributed by atoms with van der Waals surface area (Å²) in [6.45, 7) is 1.25. The summed E-state index contributed by atoms with van der Waals surface area (Å²) in [5, 5.41) is 4.38. The standard InChI is InChI=1S/C8H14NS/c1-3-7(9-5-1)8-4-2-6-10-8/h4,7-9H,1-3,5-6H2. The minimum absolute atomic E-state index is 0.812. The Labute approximate surface area is 67.0 Å². The number of hydrogen-bond acceptors (Lipinski definition) is 2. The molecule has 0 spiro atoms. The van der Waals surface area contributed by atoms with E-state index in [1.165, 1.54) is 31.6 Å². The Bertz CT molecular complexity index is 89.8. The number of nitrogens with one attached hydrogen (secondary N) is 1. The Morgan fingerprint density at radius 1 is 1.50 bits per heavy atom. The highest BCUT2D eigenvalue weighted by Crippen LogP contribution is 2.30. The first-order valence-electron chi connectivity index (χ1n) is 4.15. The van der Waals surface area contributed by atoms with Crippen LogP contribution in [0.15, 0.2) is 0 Å². The van der Waals surface area contributed by atoms with Gasteiger partial charge in [-0.25, -0.2) is 0 Å². The van der Waals surface area contributed by atoms with Crippen LogP contribution in [-0.2, 0) is 0 Å². The highest BCUT2D eigenvalue weighted by atomic mass is 32.2. The van der Waals surface area contributed by atoms with E-state index in [4.69, 9.17) is 0 Å². The van der Waals surface area contributed by atoms with Gasteiger partial charge in [0.2, 0.25) is 0 Å². The maximum atomic E-state index is 3.55. The lowest BCUT2D eigenvalue weighted by Crippen LogP contribution is -2.31. The number of hydrogen-bond donors (Lipinski definition) is 1. The van der Waals surface area contributed by atoms with E-state index >= 15 is 0 Å². The lowest BCUT2D eigenvalue weighted by atomic mass is 10.1. The van der Waals surface area contributed by atoms with E-state index in [1.807, 2.05) is 0 Å². The van der Waals surface area contributed by atoms with Crippen LogP contribution in [0.25, 0.3) is 0 Å². The summed E-state index contributed by atoms with van der Waals surface area (Å²) in [7, 11) is 0. The van der Waals surface area contributed by atoms with E-state index in [0.29, 0.717) is 0 Å². The molecule has 2 fully saturated rings. The van der Waals surface area contributed by atoms with Crippen molar-refractivity contribution in [2.75, 3.05) is 12.3 Å². The minimum atomic E-state index is 0.812. The van der Waals surface area contributed by atoms with E-state index < -0.39 is 0 Å². The first-order valence-corrected chi connectivity index (χ1v) is 5.20. The van der Waals surface area contributed by atoms with E-state index in [9.17, 15) is 0 Å². The molecule has 2 aliphatic heterocycles. The van der Waals surface area contributed by atoms with Crippen LogP contribution >= 0.6 is 11.8 Å². The zero-order valence-corrected chi connectivity index (χ0v) is 6.99. The van der Waals surface area contributed by atoms with Crippen LogP contribution in [0.1, 0.15) is 19.3 Å². The van der Waals surface area contributed by atoms with Crippen molar-refractivity contribution in [3.05, 3.63) is 6.42 Å². The Morgan fingerprint density at radius 3 is 3.10 bits per heavy atom. The second kappa shape index (κ2) is 3.14. The molecule has 10 heavy (non-hydrogen) atoms. The van der Waals surface area contributed by atoms with Crippen LogP contribution in [0.3, 0.4) is 0 Å². The summed E-state index contributed by atoms with van der Waals surface area (Å²) in [6, 6.07) is 0.812. The van der Waals surface area contributed by atoms with Gasteiger partial charge in [0.05, 0.1) is 0 Å². The smallest absolute Gasteiger partial charge is 0.0232 e. The molecule has 57 valence electrons. The van der Waals surface area contributed by atoms with E-state index in [0.717, 1.165) is 11.3 Å². The molecule has 0 aromatic heterocycles. The fourth-order valence-electron chi connectivity index (χ4n) is 1.78. The molecule has 1 nitrogen and oxygen atoms in total. The van der Waals surface area contributed by atoms with Gasteiger partial charge in [-0.2, -0.15) is 11.8 Å². The Morgan fingerprint density at radius 2 is 2.50 bits per heavy atom. The third-order valence-electron chi connectivity index (χ3n) is 2.32. The molecule has 0 amide bonds. The molecule has 2 atom stereocenters. The molecule has 0 saturated carbocycles. The molecule has 0 aromatic rings. The van der Waals surface area contributed by atoms with Crippen molar-refractivity contribution in [2.24, 2.45) is 0 Å². The molecule has 0 aromatic carbocycles. The number of thioether (sulfide) groups is 1. The molecule has 2 saturated heterocycles. The molecule has 0 bridgehead atoms. The quantitative estimate of drug-likeness (QED) is 0.616. The van der Waals surface area contributed by atoms with Crippen molar-refractivity contribution in [3.8, 4) is 0 Å². The van der Waals surface area contributed by atoms with Crippen LogP contribution in [0.5, 0.6) is 0 Å². The normalized spacial score (nSPS) is 40.8. The molecule has 1 radical (unpaired) electrons. The zero-order valence-electron chi connectivity index (χ0n) is 6.18. The average Bonchev–Trinajstić information content (AvgIpc) is 2.59. The fourth-order valence-corrected chi connectivity index (χ4v) is 3.06. The molecule has 2 unspecified atom stereocenters. The lowest BCUT2D eigenvalue weighted by molar-refractivity contribution is 0.610. The van der Waals surface area contributed by atoms with Crippen molar-refractivity contribution < 1.29 is 0 Å². The lowest BCUT2D eigenvalue weighted by Gasteiger charge is -2.16. The highest BCUT2D eigenvalue weighted by molar-refractivity contribution is 8.00. The van der Waals surface area contributed by atoms with Gasteiger partial charge < -0.3 is 5.32 Å². The van der Waals surface area contributed by atoms with Crippen molar-refractivity contribution in [2.45, 2.75) is 30.6 Å². The van der Waals surface area contributed by atoms with Gasteiger partial charge in [-0.05, 0) is 38.0 Å². The third kappa shape index (κ3) is 1.32. The molecular weight excluding hydrogens is 142 g/mol. The largest absolute Gasteiger partial charge is 0.313 e. The summed E-state index contributed by atoms with van der Waals surface area (Å²) in [5.74, 6) is 1.35. The van der Waals surface area contributed by atoms with E-state index in [2.05, 4.69) is 23.5 Å². The summed E-state index contributed by atoms with van der Waals surface area (Å²) >= 11 is 2.12. The first-order chi connectivity index (χ1) is 4.97. The molecule has 2 aliphatic rings. The van der Waals surface area contributed by atoms with Gasteiger partial charge in [0.1, 0.15) is 0 Å². The van der Waals surface area contributed by atoms with E-state index in [-0.39, 0.29) is 0 Å². The molecule has 2 rings (SSSR count). The average molecular weight is 156 g/mol. The van der Waals surface area contributed by atoms with E-state index in [1.54, 1.807) is 0 Å². The first kappa shape index (κ1) is 6.99. The Kier molecular flexibility index (Phi) is 2.19. The fraction of sp³-hybridized carbons (Fsp3) is 0.875. The van der Waals surface area contributed by atoms with Gasteiger partial charge in [-0.1, -0.05) is 0 Å². The van der Waals surface area contributed by atoms with Crippen molar-refractivity contribution in [1.29, 1.82) is 0 Å². The van der Waals surface area contributed by atoms with Crippen molar-refractivity contribution in [3.63, 3.8) is 0 Å². The third-order valence-corrected chi connectivity index (χ3v) is 3.70. The van der Waals surface area contributed by atoms with Crippen LogP contribution in [0, 0.1) is 6.42 Å². The summed E-state index contributed by atoms with van der Waals surface area (Å²) < 4.78 is 0. The van der Waals surface area contributed by atoms with Gasteiger partial charge in [-0.3, -0.25) is 0 Å². The Hall–Kier alpha value is 0.310. The SMILES string of the molecule is [CH]1CCSC1C1CCCN1. The van der Waals surface area contributed by atoms with Gasteiger partial charge in [0, 0.05) is 11.3 Å². The molecule has 2 heteroatoms. The van der Waals surface area contributed by atoms with Crippen LogP contribution in [0.4, 0.5) is 0 Å². The summed E-state index contributed by atoms with van der Waals surface area (Å²) in [6.07, 6.45) is 6.59. The van der Waals surface area contributed by atoms with Gasteiger partial charge in [0.25, 0.3) is 0 Å². The van der Waals surface area contributed by atoms with Crippen LogP contribution in [-0.4, -0.2) is 23.6 Å². The minimum Gasteiger partial charge on any atom is -0.313 e. The second-order valence-electron chi connectivity index (χ2n) is 3.06. The van der Waals surface area contributed by atoms with Crippen molar-refractivity contribution in [1.82, 2.24) is 5.32 Å². The summed E-state index contributed by atoms with van der Waals surface area (Å²) in [5.41, 5.74) is 0. The number of rotatable bonds is 1. The van der Waals surface area contributed by atoms with Gasteiger partial charge >= 0.3 is 0 Å². The molecule has 0 aliphatic carbocycles. The maximum Gasteiger partial charge on any atom is 0.0232 e. The van der Waals surface area contributed by atoms with Gasteiger partial charge in [-0.15, -0.1) is 0 Å².